The van der Waals surface area contributed by atoms with Crippen molar-refractivity contribution in [3.63, 3.8) is 0 Å². The molecule has 0 bridgehead atoms. The highest BCUT2D eigenvalue weighted by Crippen LogP contribution is 2.30. The first kappa shape index (κ1) is 19.0. The molecule has 4 aromatic rings. The van der Waals surface area contributed by atoms with E-state index in [1.807, 2.05) is 36.4 Å². The lowest BCUT2D eigenvalue weighted by molar-refractivity contribution is 0.373. The number of ether oxygens (including phenoxy) is 1. The Morgan fingerprint density at radius 3 is 2.59 bits per heavy atom. The van der Waals surface area contributed by atoms with Gasteiger partial charge in [0.05, 0.1) is 24.6 Å². The van der Waals surface area contributed by atoms with Crippen LogP contribution in [0.1, 0.15) is 5.56 Å². The minimum absolute atomic E-state index is 0.0214. The van der Waals surface area contributed by atoms with E-state index in [2.05, 4.69) is 26.3 Å². The SMILES string of the molecule is COc1ccc(-c2nc3ccccc3c(=O)n2NCc2ccc(Br)cc2)cc1O. The first-order valence-electron chi connectivity index (χ1n) is 8.94. The molecule has 7 heteroatoms. The molecule has 0 saturated heterocycles. The molecule has 0 aliphatic carbocycles. The average Bonchev–Trinajstić information content (AvgIpc) is 2.74. The lowest BCUT2D eigenvalue weighted by atomic mass is 10.1. The summed E-state index contributed by atoms with van der Waals surface area (Å²) in [6.07, 6.45) is 0. The van der Waals surface area contributed by atoms with E-state index in [0.717, 1.165) is 10.0 Å². The normalized spacial score (nSPS) is 10.8. The van der Waals surface area contributed by atoms with Crippen molar-refractivity contribution in [2.24, 2.45) is 0 Å². The Bertz CT molecular complexity index is 1240. The number of aromatic nitrogens is 2. The average molecular weight is 452 g/mol. The molecule has 0 unspecified atom stereocenters. The van der Waals surface area contributed by atoms with Crippen LogP contribution in [0, 0.1) is 0 Å². The summed E-state index contributed by atoms with van der Waals surface area (Å²) in [6, 6.07) is 19.9. The second-order valence-corrected chi connectivity index (χ2v) is 7.36. The third-order valence-electron chi connectivity index (χ3n) is 4.57. The highest BCUT2D eigenvalue weighted by atomic mass is 79.9. The number of nitrogens with zero attached hydrogens (tertiary/aromatic N) is 2. The minimum atomic E-state index is -0.210. The lowest BCUT2D eigenvalue weighted by Gasteiger charge is -2.16. The van der Waals surface area contributed by atoms with Crippen LogP contribution in [-0.2, 0) is 6.54 Å². The van der Waals surface area contributed by atoms with Crippen molar-refractivity contribution in [2.75, 3.05) is 12.5 Å². The molecule has 1 aromatic heterocycles. The molecule has 2 N–H and O–H groups in total. The molecule has 0 radical (unpaired) electrons. The van der Waals surface area contributed by atoms with Gasteiger partial charge in [-0.05, 0) is 48.0 Å². The number of fused-ring (bicyclic) bond motifs is 1. The summed E-state index contributed by atoms with van der Waals surface area (Å²) in [6.45, 7) is 0.433. The van der Waals surface area contributed by atoms with Gasteiger partial charge < -0.3 is 15.3 Å². The number of phenolic OH excluding ortho intramolecular Hbond substituents is 1. The summed E-state index contributed by atoms with van der Waals surface area (Å²) < 4.78 is 7.53. The number of rotatable bonds is 5. The van der Waals surface area contributed by atoms with Crippen molar-refractivity contribution in [1.29, 1.82) is 0 Å². The highest BCUT2D eigenvalue weighted by Gasteiger charge is 2.14. The van der Waals surface area contributed by atoms with Gasteiger partial charge in [0.15, 0.2) is 17.3 Å². The van der Waals surface area contributed by atoms with Gasteiger partial charge in [0.2, 0.25) is 0 Å². The van der Waals surface area contributed by atoms with E-state index in [1.54, 1.807) is 24.3 Å². The predicted molar refractivity (Wildman–Crippen MR) is 117 cm³/mol. The number of halogens is 1. The summed E-state index contributed by atoms with van der Waals surface area (Å²) in [5, 5.41) is 10.7. The summed E-state index contributed by atoms with van der Waals surface area (Å²) >= 11 is 3.42. The maximum absolute atomic E-state index is 13.2. The van der Waals surface area contributed by atoms with Crippen molar-refractivity contribution in [3.05, 3.63) is 87.1 Å². The standard InChI is InChI=1S/C22H18BrN3O3/c1-29-20-11-8-15(12-19(20)27)21-25-18-5-3-2-4-17(18)22(28)26(21)24-13-14-6-9-16(23)10-7-14/h2-12,24,27H,13H2,1H3. The van der Waals surface area contributed by atoms with Crippen LogP contribution < -0.4 is 15.7 Å². The predicted octanol–water partition coefficient (Wildman–Crippen LogP) is 4.28. The van der Waals surface area contributed by atoms with Gasteiger partial charge in [0.25, 0.3) is 5.56 Å². The first-order valence-corrected chi connectivity index (χ1v) is 9.73. The van der Waals surface area contributed by atoms with Gasteiger partial charge in [0, 0.05) is 10.0 Å². The van der Waals surface area contributed by atoms with E-state index < -0.39 is 0 Å². The van der Waals surface area contributed by atoms with Gasteiger partial charge in [0.1, 0.15) is 0 Å². The van der Waals surface area contributed by atoms with Crippen molar-refractivity contribution < 1.29 is 9.84 Å². The van der Waals surface area contributed by atoms with E-state index in [4.69, 9.17) is 4.74 Å². The van der Waals surface area contributed by atoms with E-state index in [1.165, 1.54) is 17.9 Å². The molecular weight excluding hydrogens is 434 g/mol. The van der Waals surface area contributed by atoms with Gasteiger partial charge >= 0.3 is 0 Å². The molecule has 0 spiro atoms. The monoisotopic (exact) mass is 451 g/mol. The molecule has 29 heavy (non-hydrogen) atoms. The van der Waals surface area contributed by atoms with Crippen LogP contribution in [0.3, 0.4) is 0 Å². The minimum Gasteiger partial charge on any atom is -0.504 e. The number of para-hydroxylation sites is 1. The summed E-state index contributed by atoms with van der Waals surface area (Å²) in [4.78, 5) is 17.8. The second-order valence-electron chi connectivity index (χ2n) is 6.44. The molecule has 0 aliphatic rings. The Labute approximate surface area is 175 Å². The van der Waals surface area contributed by atoms with Gasteiger partial charge in [-0.25, -0.2) is 9.66 Å². The second kappa shape index (κ2) is 7.97. The van der Waals surface area contributed by atoms with Crippen LogP contribution in [-0.4, -0.2) is 21.9 Å². The van der Waals surface area contributed by atoms with Crippen molar-refractivity contribution >= 4 is 26.8 Å². The summed E-state index contributed by atoms with van der Waals surface area (Å²) in [5.74, 6) is 0.738. The van der Waals surface area contributed by atoms with Gasteiger partial charge in [-0.15, -0.1) is 0 Å². The van der Waals surface area contributed by atoms with Crippen molar-refractivity contribution in [1.82, 2.24) is 9.66 Å². The first-order chi connectivity index (χ1) is 14.1. The Hall–Kier alpha value is -3.32. The molecule has 146 valence electrons. The Morgan fingerprint density at radius 2 is 1.86 bits per heavy atom. The van der Waals surface area contributed by atoms with E-state index in [9.17, 15) is 9.90 Å². The van der Waals surface area contributed by atoms with E-state index in [-0.39, 0.29) is 11.3 Å². The molecule has 0 amide bonds. The van der Waals surface area contributed by atoms with Crippen LogP contribution >= 0.6 is 15.9 Å². The molecule has 0 saturated carbocycles. The van der Waals surface area contributed by atoms with Gasteiger partial charge in [-0.1, -0.05) is 40.2 Å². The molecule has 6 nitrogen and oxygen atoms in total. The quantitative estimate of drug-likeness (QED) is 0.473. The number of benzene rings is 3. The van der Waals surface area contributed by atoms with Gasteiger partial charge in [-0.2, -0.15) is 0 Å². The molecule has 4 rings (SSSR count). The third-order valence-corrected chi connectivity index (χ3v) is 5.10. The fraction of sp³-hybridized carbons (Fsp3) is 0.0909. The van der Waals surface area contributed by atoms with Crippen molar-refractivity contribution in [2.45, 2.75) is 6.54 Å². The van der Waals surface area contributed by atoms with Crippen molar-refractivity contribution in [3.8, 4) is 22.9 Å². The summed E-state index contributed by atoms with van der Waals surface area (Å²) in [7, 11) is 1.48. The topological polar surface area (TPSA) is 76.4 Å². The number of phenols is 1. The van der Waals surface area contributed by atoms with E-state index in [0.29, 0.717) is 34.6 Å². The fourth-order valence-corrected chi connectivity index (χ4v) is 3.34. The van der Waals surface area contributed by atoms with Crippen LogP contribution in [0.5, 0.6) is 11.5 Å². The molecular formula is C22H18BrN3O3. The smallest absolute Gasteiger partial charge is 0.280 e. The number of hydrogen-bond acceptors (Lipinski definition) is 5. The largest absolute Gasteiger partial charge is 0.504 e. The number of methoxy groups -OCH3 is 1. The third kappa shape index (κ3) is 3.82. The maximum atomic E-state index is 13.2. The molecule has 1 heterocycles. The number of nitrogens with one attached hydrogen (secondary N) is 1. The number of aromatic hydroxyl groups is 1. The van der Waals surface area contributed by atoms with Crippen LogP contribution in [0.4, 0.5) is 0 Å². The van der Waals surface area contributed by atoms with Gasteiger partial charge in [-0.3, -0.25) is 4.79 Å². The maximum Gasteiger partial charge on any atom is 0.280 e. The molecule has 3 aromatic carbocycles. The van der Waals surface area contributed by atoms with Crippen LogP contribution in [0.25, 0.3) is 22.3 Å². The zero-order valence-corrected chi connectivity index (χ0v) is 17.2. The molecule has 0 aliphatic heterocycles. The lowest BCUT2D eigenvalue weighted by Crippen LogP contribution is -2.31. The van der Waals surface area contributed by atoms with E-state index >= 15 is 0 Å². The molecule has 0 fully saturated rings. The molecule has 0 atom stereocenters. The Kier molecular flexibility index (Phi) is 5.22. The zero-order chi connectivity index (χ0) is 20.4. The highest BCUT2D eigenvalue weighted by molar-refractivity contribution is 9.10. The summed E-state index contributed by atoms with van der Waals surface area (Å²) in [5.41, 5.74) is 5.15. The Morgan fingerprint density at radius 1 is 1.10 bits per heavy atom. The van der Waals surface area contributed by atoms with Crippen LogP contribution in [0.2, 0.25) is 0 Å². The zero-order valence-electron chi connectivity index (χ0n) is 15.6. The fourth-order valence-electron chi connectivity index (χ4n) is 3.07. The number of hydrogen-bond donors (Lipinski definition) is 2. The van der Waals surface area contributed by atoms with Crippen LogP contribution in [0.15, 0.2) is 76.0 Å². The Balaban J connectivity index is 1.83.